The van der Waals surface area contributed by atoms with E-state index in [-0.39, 0.29) is 22.6 Å². The van der Waals surface area contributed by atoms with Crippen molar-refractivity contribution in [3.63, 3.8) is 0 Å². The molecule has 0 bridgehead atoms. The van der Waals surface area contributed by atoms with Gasteiger partial charge in [-0.1, -0.05) is 35.9 Å². The normalized spacial score (nSPS) is 10.5. The minimum Gasteiger partial charge on any atom is -0.347 e. The fraction of sp³-hybridized carbons (Fsp3) is 0.150. The lowest BCUT2D eigenvalue weighted by Gasteiger charge is -2.10. The van der Waals surface area contributed by atoms with E-state index in [4.69, 9.17) is 11.6 Å². The largest absolute Gasteiger partial charge is 0.347 e. The molecule has 0 saturated carbocycles. The molecule has 5 nitrogen and oxygen atoms in total. The number of aryl methyl sites for hydroxylation is 2. The molecule has 1 aromatic heterocycles. The highest BCUT2D eigenvalue weighted by Crippen LogP contribution is 2.21. The molecule has 0 fully saturated rings. The van der Waals surface area contributed by atoms with Gasteiger partial charge in [0.2, 0.25) is 5.95 Å². The van der Waals surface area contributed by atoms with Gasteiger partial charge in [0.15, 0.2) is 0 Å². The molecule has 0 aliphatic carbocycles. The number of rotatable bonds is 5. The van der Waals surface area contributed by atoms with Gasteiger partial charge >= 0.3 is 0 Å². The Morgan fingerprint density at radius 1 is 1.11 bits per heavy atom. The van der Waals surface area contributed by atoms with Crippen LogP contribution in [0.15, 0.2) is 48.5 Å². The number of hydrogen-bond donors (Lipinski definition) is 2. The predicted molar refractivity (Wildman–Crippen MR) is 104 cm³/mol. The first-order valence-electron chi connectivity index (χ1n) is 8.33. The Morgan fingerprint density at radius 2 is 1.89 bits per heavy atom. The van der Waals surface area contributed by atoms with Gasteiger partial charge in [-0.3, -0.25) is 4.79 Å². The van der Waals surface area contributed by atoms with Crippen molar-refractivity contribution in [1.82, 2.24) is 15.3 Å². The maximum atomic E-state index is 13.3. The first kappa shape index (κ1) is 18.8. The van der Waals surface area contributed by atoms with E-state index in [2.05, 4.69) is 20.6 Å². The average molecular weight is 385 g/mol. The second kappa shape index (κ2) is 8.14. The molecule has 0 unspecified atom stereocenters. The summed E-state index contributed by atoms with van der Waals surface area (Å²) in [4.78, 5) is 21.0. The fourth-order valence-electron chi connectivity index (χ4n) is 2.52. The van der Waals surface area contributed by atoms with Crippen LogP contribution in [0.1, 0.15) is 27.3 Å². The Labute approximate surface area is 161 Å². The molecule has 1 heterocycles. The maximum Gasteiger partial charge on any atom is 0.270 e. The van der Waals surface area contributed by atoms with Crippen LogP contribution in [0.25, 0.3) is 0 Å². The van der Waals surface area contributed by atoms with Crippen LogP contribution >= 0.6 is 11.6 Å². The summed E-state index contributed by atoms with van der Waals surface area (Å²) in [5.41, 5.74) is 3.54. The summed E-state index contributed by atoms with van der Waals surface area (Å²) in [5, 5.41) is 5.79. The smallest absolute Gasteiger partial charge is 0.270 e. The van der Waals surface area contributed by atoms with Gasteiger partial charge in [-0.25, -0.2) is 14.4 Å². The topological polar surface area (TPSA) is 66.9 Å². The molecule has 0 spiro atoms. The lowest BCUT2D eigenvalue weighted by molar-refractivity contribution is 0.0945. The minimum atomic E-state index is -0.511. The van der Waals surface area contributed by atoms with Gasteiger partial charge in [0, 0.05) is 17.9 Å². The number of carbonyl (C=O) groups is 1. The maximum absolute atomic E-state index is 13.3. The molecule has 3 aromatic rings. The van der Waals surface area contributed by atoms with Gasteiger partial charge in [0.1, 0.15) is 11.5 Å². The molecule has 0 aliphatic heterocycles. The van der Waals surface area contributed by atoms with E-state index < -0.39 is 5.82 Å². The number of benzene rings is 2. The molecule has 3 rings (SSSR count). The molecule has 1 amide bonds. The Kier molecular flexibility index (Phi) is 5.66. The predicted octanol–water partition coefficient (Wildman–Crippen LogP) is 4.56. The summed E-state index contributed by atoms with van der Waals surface area (Å²) >= 11 is 5.79. The molecular weight excluding hydrogens is 367 g/mol. The van der Waals surface area contributed by atoms with Gasteiger partial charge < -0.3 is 10.6 Å². The Hall–Kier alpha value is -2.99. The SMILES string of the molecule is Cc1cc(C(=O)NCc2ccccc2C)nc(Nc2ccc(F)c(Cl)c2)n1. The Balaban J connectivity index is 1.75. The molecule has 27 heavy (non-hydrogen) atoms. The number of carbonyl (C=O) groups excluding carboxylic acids is 1. The quantitative estimate of drug-likeness (QED) is 0.676. The fourth-order valence-corrected chi connectivity index (χ4v) is 2.70. The number of hydrogen-bond acceptors (Lipinski definition) is 4. The van der Waals surface area contributed by atoms with Crippen molar-refractivity contribution in [2.45, 2.75) is 20.4 Å². The van der Waals surface area contributed by atoms with Crippen LogP contribution in [0.5, 0.6) is 0 Å². The van der Waals surface area contributed by atoms with E-state index in [0.29, 0.717) is 17.9 Å². The van der Waals surface area contributed by atoms with Crippen LogP contribution in [0.4, 0.5) is 16.0 Å². The summed E-state index contributed by atoms with van der Waals surface area (Å²) in [7, 11) is 0. The zero-order valence-electron chi connectivity index (χ0n) is 14.9. The zero-order chi connectivity index (χ0) is 19.4. The Morgan fingerprint density at radius 3 is 2.63 bits per heavy atom. The number of anilines is 2. The molecule has 0 radical (unpaired) electrons. The third-order valence-corrected chi connectivity index (χ3v) is 4.25. The van der Waals surface area contributed by atoms with E-state index in [1.54, 1.807) is 13.0 Å². The van der Waals surface area contributed by atoms with Gasteiger partial charge in [-0.15, -0.1) is 0 Å². The number of nitrogens with one attached hydrogen (secondary N) is 2. The minimum absolute atomic E-state index is 0.0103. The van der Waals surface area contributed by atoms with Crippen molar-refractivity contribution in [2.75, 3.05) is 5.32 Å². The van der Waals surface area contributed by atoms with Crippen molar-refractivity contribution in [2.24, 2.45) is 0 Å². The van der Waals surface area contributed by atoms with Crippen LogP contribution in [-0.4, -0.2) is 15.9 Å². The third-order valence-electron chi connectivity index (χ3n) is 3.96. The average Bonchev–Trinajstić information content (AvgIpc) is 2.63. The first-order chi connectivity index (χ1) is 12.9. The zero-order valence-corrected chi connectivity index (χ0v) is 15.6. The second-order valence-electron chi connectivity index (χ2n) is 6.08. The van der Waals surface area contributed by atoms with E-state index in [9.17, 15) is 9.18 Å². The summed E-state index contributed by atoms with van der Waals surface area (Å²) in [6.07, 6.45) is 0. The molecule has 7 heteroatoms. The number of halogens is 2. The van der Waals surface area contributed by atoms with E-state index in [1.165, 1.54) is 18.2 Å². The Bertz CT molecular complexity index is 993. The molecular formula is C20H18ClFN4O. The van der Waals surface area contributed by atoms with Crippen LogP contribution in [0.3, 0.4) is 0 Å². The molecule has 138 valence electrons. The summed E-state index contributed by atoms with van der Waals surface area (Å²) < 4.78 is 13.3. The van der Waals surface area contributed by atoms with Crippen molar-refractivity contribution in [1.29, 1.82) is 0 Å². The van der Waals surface area contributed by atoms with E-state index in [0.717, 1.165) is 11.1 Å². The molecule has 0 aliphatic rings. The van der Waals surface area contributed by atoms with Gasteiger partial charge in [0.05, 0.1) is 5.02 Å². The number of aromatic nitrogens is 2. The molecule has 0 atom stereocenters. The number of nitrogens with zero attached hydrogens (tertiary/aromatic N) is 2. The van der Waals surface area contributed by atoms with Crippen molar-refractivity contribution in [3.8, 4) is 0 Å². The highest BCUT2D eigenvalue weighted by molar-refractivity contribution is 6.31. The molecule has 0 saturated heterocycles. The van der Waals surface area contributed by atoms with E-state index in [1.807, 2.05) is 31.2 Å². The molecule has 2 N–H and O–H groups in total. The summed E-state index contributed by atoms with van der Waals surface area (Å²) in [6.45, 7) is 4.17. The highest BCUT2D eigenvalue weighted by atomic mass is 35.5. The van der Waals surface area contributed by atoms with Crippen LogP contribution < -0.4 is 10.6 Å². The van der Waals surface area contributed by atoms with Gasteiger partial charge in [-0.05, 0) is 49.2 Å². The van der Waals surface area contributed by atoms with Crippen LogP contribution in [0, 0.1) is 19.7 Å². The van der Waals surface area contributed by atoms with Gasteiger partial charge in [0.25, 0.3) is 5.91 Å². The third kappa shape index (κ3) is 4.80. The highest BCUT2D eigenvalue weighted by Gasteiger charge is 2.12. The monoisotopic (exact) mass is 384 g/mol. The number of amides is 1. The van der Waals surface area contributed by atoms with Crippen molar-refractivity contribution < 1.29 is 9.18 Å². The van der Waals surface area contributed by atoms with Crippen LogP contribution in [-0.2, 0) is 6.54 Å². The van der Waals surface area contributed by atoms with Crippen molar-refractivity contribution >= 4 is 29.1 Å². The lowest BCUT2D eigenvalue weighted by atomic mass is 10.1. The van der Waals surface area contributed by atoms with Gasteiger partial charge in [-0.2, -0.15) is 0 Å². The van der Waals surface area contributed by atoms with E-state index >= 15 is 0 Å². The van der Waals surface area contributed by atoms with Crippen LogP contribution in [0.2, 0.25) is 5.02 Å². The standard InChI is InChI=1S/C20H18ClFN4O/c1-12-5-3-4-6-14(12)11-23-19(27)18-9-13(2)24-20(26-18)25-15-7-8-17(22)16(21)10-15/h3-10H,11H2,1-2H3,(H,23,27)(H,24,25,26). The second-order valence-corrected chi connectivity index (χ2v) is 6.49. The molecule has 2 aromatic carbocycles. The van der Waals surface area contributed by atoms with Crippen molar-refractivity contribution in [3.05, 3.63) is 81.9 Å². The lowest BCUT2D eigenvalue weighted by Crippen LogP contribution is -2.24. The summed E-state index contributed by atoms with van der Waals surface area (Å²) in [6, 6.07) is 13.6. The first-order valence-corrected chi connectivity index (χ1v) is 8.70. The summed E-state index contributed by atoms with van der Waals surface area (Å²) in [5.74, 6) is -0.577.